The summed E-state index contributed by atoms with van der Waals surface area (Å²) in [6.45, 7) is 8.56. The maximum atomic E-state index is 13.7. The van der Waals surface area contributed by atoms with Gasteiger partial charge in [0.2, 0.25) is 0 Å². The first-order valence-electron chi connectivity index (χ1n) is 5.74. The average Bonchev–Trinajstić information content (AvgIpc) is 2.15. The first kappa shape index (κ1) is 13.0. The van der Waals surface area contributed by atoms with E-state index >= 15 is 0 Å². The van der Waals surface area contributed by atoms with Gasteiger partial charge in [0.25, 0.3) is 0 Å². The Morgan fingerprint density at radius 3 is 2.44 bits per heavy atom. The lowest BCUT2D eigenvalue weighted by Gasteiger charge is -2.04. The molecule has 16 heavy (non-hydrogen) atoms. The largest absolute Gasteiger partial charge is 0.206 e. The van der Waals surface area contributed by atoms with Crippen LogP contribution in [0.3, 0.4) is 0 Å². The quantitative estimate of drug-likeness (QED) is 0.536. The van der Waals surface area contributed by atoms with Gasteiger partial charge in [-0.2, -0.15) is 0 Å². The molecule has 0 N–H and O–H groups in total. The van der Waals surface area contributed by atoms with Crippen molar-refractivity contribution in [2.75, 3.05) is 0 Å². The van der Waals surface area contributed by atoms with Crippen LogP contribution in [-0.4, -0.2) is 8.07 Å². The van der Waals surface area contributed by atoms with Crippen LogP contribution < -0.4 is 0 Å². The molecule has 0 atom stereocenters. The van der Waals surface area contributed by atoms with Crippen molar-refractivity contribution in [2.24, 2.45) is 0 Å². The van der Waals surface area contributed by atoms with Gasteiger partial charge in [0.1, 0.15) is 13.9 Å². The van der Waals surface area contributed by atoms with Crippen molar-refractivity contribution in [1.82, 2.24) is 0 Å². The maximum absolute atomic E-state index is 13.7. The summed E-state index contributed by atoms with van der Waals surface area (Å²) in [7, 11) is -1.42. The van der Waals surface area contributed by atoms with E-state index in [9.17, 15) is 4.39 Å². The molecule has 1 rings (SSSR count). The van der Waals surface area contributed by atoms with Crippen LogP contribution in [0.15, 0.2) is 18.2 Å². The van der Waals surface area contributed by atoms with Crippen molar-refractivity contribution in [3.05, 3.63) is 35.1 Å². The summed E-state index contributed by atoms with van der Waals surface area (Å²) >= 11 is 0. The van der Waals surface area contributed by atoms with Gasteiger partial charge in [0, 0.05) is 0 Å². The fourth-order valence-electron chi connectivity index (χ4n) is 1.36. The lowest BCUT2D eigenvalue weighted by atomic mass is 10.1. The third-order valence-corrected chi connectivity index (χ3v) is 3.02. The lowest BCUT2D eigenvalue weighted by molar-refractivity contribution is 0.621. The Morgan fingerprint density at radius 1 is 1.25 bits per heavy atom. The van der Waals surface area contributed by atoms with E-state index in [1.165, 1.54) is 0 Å². The van der Waals surface area contributed by atoms with Crippen molar-refractivity contribution < 1.29 is 4.39 Å². The first-order valence-corrected chi connectivity index (χ1v) is 9.24. The number of hydrogen-bond acceptors (Lipinski definition) is 0. The molecule has 0 fully saturated rings. The zero-order valence-electron chi connectivity index (χ0n) is 10.5. The van der Waals surface area contributed by atoms with Gasteiger partial charge in [-0.15, -0.1) is 5.54 Å². The van der Waals surface area contributed by atoms with E-state index in [1.807, 2.05) is 6.07 Å². The molecule has 0 nitrogen and oxygen atoms in total. The molecule has 0 unspecified atom stereocenters. The average molecular weight is 234 g/mol. The first-order chi connectivity index (χ1) is 7.42. The zero-order chi connectivity index (χ0) is 12.2. The third kappa shape index (κ3) is 4.20. The Kier molecular flexibility index (Phi) is 4.32. The van der Waals surface area contributed by atoms with Crippen LogP contribution in [-0.2, 0) is 6.42 Å². The van der Waals surface area contributed by atoms with E-state index in [-0.39, 0.29) is 5.82 Å². The predicted octanol–water partition coefficient (Wildman–Crippen LogP) is 4.01. The van der Waals surface area contributed by atoms with Gasteiger partial charge in [-0.25, -0.2) is 4.39 Å². The molecule has 2 heteroatoms. The molecule has 0 radical (unpaired) electrons. The molecule has 0 aromatic heterocycles. The highest BCUT2D eigenvalue weighted by atomic mass is 28.3. The minimum Gasteiger partial charge on any atom is -0.206 e. The van der Waals surface area contributed by atoms with E-state index < -0.39 is 8.07 Å². The van der Waals surface area contributed by atoms with E-state index in [0.717, 1.165) is 18.4 Å². The van der Waals surface area contributed by atoms with Crippen LogP contribution in [0.2, 0.25) is 19.6 Å². The Morgan fingerprint density at radius 2 is 1.94 bits per heavy atom. The Hall–Kier alpha value is -1.07. The molecule has 0 aliphatic carbocycles. The van der Waals surface area contributed by atoms with Gasteiger partial charge < -0.3 is 0 Å². The lowest BCUT2D eigenvalue weighted by Crippen LogP contribution is -2.16. The molecule has 0 aliphatic rings. The van der Waals surface area contributed by atoms with Crippen molar-refractivity contribution in [1.29, 1.82) is 0 Å². The van der Waals surface area contributed by atoms with Crippen LogP contribution in [0.25, 0.3) is 0 Å². The van der Waals surface area contributed by atoms with Gasteiger partial charge in [-0.1, -0.05) is 45.0 Å². The molecule has 0 saturated heterocycles. The zero-order valence-corrected chi connectivity index (χ0v) is 11.5. The summed E-state index contributed by atoms with van der Waals surface area (Å²) in [6, 6.07) is 5.38. The second kappa shape index (κ2) is 5.31. The molecule has 0 heterocycles. The van der Waals surface area contributed by atoms with Gasteiger partial charge in [-0.05, 0) is 24.1 Å². The van der Waals surface area contributed by atoms with Gasteiger partial charge in [0.15, 0.2) is 0 Å². The third-order valence-electron chi connectivity index (χ3n) is 2.14. The summed E-state index contributed by atoms with van der Waals surface area (Å²) in [4.78, 5) is 0. The topological polar surface area (TPSA) is 0 Å². The SMILES string of the molecule is CCCc1ccc(C#C[Si](C)(C)C)c(F)c1. The fraction of sp³-hybridized carbons (Fsp3) is 0.429. The standard InChI is InChI=1S/C14H19FSi/c1-5-6-12-7-8-13(14(15)11-12)9-10-16(2,3)4/h7-8,11H,5-6H2,1-4H3. The molecular weight excluding hydrogens is 215 g/mol. The predicted molar refractivity (Wildman–Crippen MR) is 70.6 cm³/mol. The fourth-order valence-corrected chi connectivity index (χ4v) is 1.87. The molecule has 1 aromatic carbocycles. The Bertz CT molecular complexity index is 419. The highest BCUT2D eigenvalue weighted by Crippen LogP contribution is 2.11. The van der Waals surface area contributed by atoms with Crippen molar-refractivity contribution in [3.63, 3.8) is 0 Å². The summed E-state index contributed by atoms with van der Waals surface area (Å²) in [5.41, 5.74) is 4.76. The molecule has 0 aliphatic heterocycles. The summed E-state index contributed by atoms with van der Waals surface area (Å²) in [5.74, 6) is 2.78. The van der Waals surface area contributed by atoms with Gasteiger partial charge in [0.05, 0.1) is 5.56 Å². The number of hydrogen-bond donors (Lipinski definition) is 0. The van der Waals surface area contributed by atoms with E-state index in [1.54, 1.807) is 12.1 Å². The van der Waals surface area contributed by atoms with Gasteiger partial charge in [-0.3, -0.25) is 0 Å². The van der Waals surface area contributed by atoms with Gasteiger partial charge >= 0.3 is 0 Å². The van der Waals surface area contributed by atoms with Crippen LogP contribution in [0.4, 0.5) is 4.39 Å². The molecule has 0 saturated carbocycles. The molecule has 0 bridgehead atoms. The highest BCUT2D eigenvalue weighted by Gasteiger charge is 2.08. The van der Waals surface area contributed by atoms with Crippen molar-refractivity contribution in [2.45, 2.75) is 39.4 Å². The van der Waals surface area contributed by atoms with Crippen LogP contribution in [0.1, 0.15) is 24.5 Å². The maximum Gasteiger partial charge on any atom is 0.139 e. The summed E-state index contributed by atoms with van der Waals surface area (Å²) < 4.78 is 13.7. The number of aryl methyl sites for hydroxylation is 1. The van der Waals surface area contributed by atoms with Crippen molar-refractivity contribution in [3.8, 4) is 11.5 Å². The Labute approximate surface area is 98.9 Å². The molecule has 1 aromatic rings. The normalized spacial score (nSPS) is 10.8. The van der Waals surface area contributed by atoms with E-state index in [4.69, 9.17) is 0 Å². The molecule has 86 valence electrons. The summed E-state index contributed by atoms with van der Waals surface area (Å²) in [6.07, 6.45) is 1.97. The smallest absolute Gasteiger partial charge is 0.139 e. The summed E-state index contributed by atoms with van der Waals surface area (Å²) in [5, 5.41) is 0. The van der Waals surface area contributed by atoms with E-state index in [0.29, 0.717) is 5.56 Å². The van der Waals surface area contributed by atoms with E-state index in [2.05, 4.69) is 38.0 Å². The molecule has 0 spiro atoms. The minimum absolute atomic E-state index is 0.184. The second-order valence-corrected chi connectivity index (χ2v) is 9.81. The minimum atomic E-state index is -1.42. The number of benzene rings is 1. The highest BCUT2D eigenvalue weighted by molar-refractivity contribution is 6.83. The number of halogens is 1. The monoisotopic (exact) mass is 234 g/mol. The second-order valence-electron chi connectivity index (χ2n) is 5.06. The molecule has 0 amide bonds. The van der Waals surface area contributed by atoms with Crippen molar-refractivity contribution >= 4 is 8.07 Å². The molecular formula is C14H19FSi. The number of rotatable bonds is 2. The van der Waals surface area contributed by atoms with Crippen LogP contribution in [0.5, 0.6) is 0 Å². The van der Waals surface area contributed by atoms with Crippen LogP contribution in [0, 0.1) is 17.3 Å². The Balaban J connectivity index is 2.94. The van der Waals surface area contributed by atoms with Crippen LogP contribution >= 0.6 is 0 Å².